The van der Waals surface area contributed by atoms with Crippen molar-refractivity contribution in [2.24, 2.45) is 0 Å². The van der Waals surface area contributed by atoms with Gasteiger partial charge in [-0.25, -0.2) is 8.42 Å². The van der Waals surface area contributed by atoms with Crippen molar-refractivity contribution >= 4 is 39.1 Å². The Labute approximate surface area is 193 Å². The molecule has 0 radical (unpaired) electrons. The molecule has 7 nitrogen and oxygen atoms in total. The summed E-state index contributed by atoms with van der Waals surface area (Å²) in [5.74, 6) is -0.433. The summed E-state index contributed by atoms with van der Waals surface area (Å²) in [4.78, 5) is 26.7. The maximum atomic E-state index is 13.0. The molecule has 2 heterocycles. The Hall–Kier alpha value is -2.42. The first-order chi connectivity index (χ1) is 15.3. The number of halogens is 1. The van der Waals surface area contributed by atoms with Crippen molar-refractivity contribution in [3.05, 3.63) is 58.6 Å². The summed E-state index contributed by atoms with van der Waals surface area (Å²) in [5, 5.41) is 3.44. The Morgan fingerprint density at radius 2 is 1.72 bits per heavy atom. The second-order valence-electron chi connectivity index (χ2n) is 8.14. The standard InChI is InChI=1S/C23H26ClN3O4S/c24-19-7-4-17(5-8-19)15-25-22(28)16-27-21-10-9-20(14-18(21)6-11-23(27)29)32(30,31)26-12-2-1-3-13-26/h4-5,7-10,14H,1-3,6,11-13,15-16H2,(H,25,28). The summed E-state index contributed by atoms with van der Waals surface area (Å²) in [6, 6.07) is 12.0. The first kappa shape index (κ1) is 22.8. The topological polar surface area (TPSA) is 86.8 Å². The summed E-state index contributed by atoms with van der Waals surface area (Å²) < 4.78 is 27.6. The minimum atomic E-state index is -3.55. The normalized spacial score (nSPS) is 17.2. The summed E-state index contributed by atoms with van der Waals surface area (Å²) in [5.41, 5.74) is 2.27. The zero-order chi connectivity index (χ0) is 22.7. The van der Waals surface area contributed by atoms with Gasteiger partial charge < -0.3 is 10.2 Å². The molecule has 1 N–H and O–H groups in total. The highest BCUT2D eigenvalue weighted by Gasteiger charge is 2.30. The Morgan fingerprint density at radius 1 is 1.00 bits per heavy atom. The van der Waals surface area contributed by atoms with Crippen molar-refractivity contribution in [2.75, 3.05) is 24.5 Å². The van der Waals surface area contributed by atoms with Gasteiger partial charge in [0.1, 0.15) is 6.54 Å². The molecule has 170 valence electrons. The fourth-order valence-electron chi connectivity index (χ4n) is 4.13. The summed E-state index contributed by atoms with van der Waals surface area (Å²) >= 11 is 5.88. The molecule has 0 atom stereocenters. The van der Waals surface area contributed by atoms with Crippen molar-refractivity contribution in [3.8, 4) is 0 Å². The highest BCUT2D eigenvalue weighted by atomic mass is 35.5. The van der Waals surface area contributed by atoms with Crippen molar-refractivity contribution in [2.45, 2.75) is 43.5 Å². The number of hydrogen-bond donors (Lipinski definition) is 1. The molecule has 9 heteroatoms. The average molecular weight is 476 g/mol. The minimum absolute atomic E-state index is 0.113. The predicted octanol–water partition coefficient (Wildman–Crippen LogP) is 3.11. The number of hydrogen-bond acceptors (Lipinski definition) is 4. The fraction of sp³-hybridized carbons (Fsp3) is 0.391. The number of rotatable bonds is 6. The molecule has 0 bridgehead atoms. The van der Waals surface area contributed by atoms with Crippen molar-refractivity contribution < 1.29 is 18.0 Å². The molecule has 2 aliphatic rings. The van der Waals surface area contributed by atoms with E-state index in [1.54, 1.807) is 30.3 Å². The number of carbonyl (C=O) groups is 2. The van der Waals surface area contributed by atoms with Crippen LogP contribution in [0.15, 0.2) is 47.4 Å². The molecule has 2 aliphatic heterocycles. The molecular weight excluding hydrogens is 450 g/mol. The third-order valence-corrected chi connectivity index (χ3v) is 8.06. The molecule has 2 aromatic carbocycles. The molecule has 1 fully saturated rings. The third-order valence-electron chi connectivity index (χ3n) is 5.91. The second kappa shape index (κ2) is 9.60. The number of amides is 2. The van der Waals surface area contributed by atoms with Crippen LogP contribution in [0.1, 0.15) is 36.8 Å². The van der Waals surface area contributed by atoms with E-state index in [-0.39, 0.29) is 29.7 Å². The van der Waals surface area contributed by atoms with Crippen LogP contribution >= 0.6 is 11.6 Å². The molecule has 1 saturated heterocycles. The highest BCUT2D eigenvalue weighted by Crippen LogP contribution is 2.31. The number of sulfonamides is 1. The van der Waals surface area contributed by atoms with Crippen LogP contribution in [0.5, 0.6) is 0 Å². The van der Waals surface area contributed by atoms with Gasteiger partial charge in [0.2, 0.25) is 21.8 Å². The first-order valence-electron chi connectivity index (χ1n) is 10.8. The lowest BCUT2D eigenvalue weighted by Crippen LogP contribution is -2.43. The minimum Gasteiger partial charge on any atom is -0.350 e. The zero-order valence-corrected chi connectivity index (χ0v) is 19.3. The summed E-state index contributed by atoms with van der Waals surface area (Å²) in [6.07, 6.45) is 3.49. The molecule has 0 aliphatic carbocycles. The molecular formula is C23H26ClN3O4S. The van der Waals surface area contributed by atoms with Crippen LogP contribution in [-0.2, 0) is 32.6 Å². The van der Waals surface area contributed by atoms with E-state index in [1.165, 1.54) is 9.21 Å². The quantitative estimate of drug-likeness (QED) is 0.695. The third kappa shape index (κ3) is 4.98. The van der Waals surface area contributed by atoms with E-state index in [4.69, 9.17) is 11.6 Å². The van der Waals surface area contributed by atoms with Gasteiger partial charge in [-0.1, -0.05) is 30.2 Å². The van der Waals surface area contributed by atoms with E-state index in [9.17, 15) is 18.0 Å². The Balaban J connectivity index is 1.47. The van der Waals surface area contributed by atoms with Crippen LogP contribution in [-0.4, -0.2) is 44.2 Å². The average Bonchev–Trinajstić information content (AvgIpc) is 2.81. The number of nitrogens with zero attached hydrogens (tertiary/aromatic N) is 2. The van der Waals surface area contributed by atoms with E-state index in [0.717, 1.165) is 30.4 Å². The fourth-order valence-corrected chi connectivity index (χ4v) is 5.82. The highest BCUT2D eigenvalue weighted by molar-refractivity contribution is 7.89. The Bertz CT molecular complexity index is 1110. The molecule has 0 spiro atoms. The first-order valence-corrected chi connectivity index (χ1v) is 12.6. The van der Waals surface area contributed by atoms with Crippen LogP contribution in [0.2, 0.25) is 5.02 Å². The van der Waals surface area contributed by atoms with Crippen LogP contribution in [0.3, 0.4) is 0 Å². The lowest BCUT2D eigenvalue weighted by molar-refractivity contribution is -0.124. The second-order valence-corrected chi connectivity index (χ2v) is 10.5. The Morgan fingerprint density at radius 3 is 2.44 bits per heavy atom. The van der Waals surface area contributed by atoms with Gasteiger partial charge in [0, 0.05) is 36.8 Å². The maximum Gasteiger partial charge on any atom is 0.243 e. The number of carbonyl (C=O) groups excluding carboxylic acids is 2. The van der Waals surface area contributed by atoms with Crippen LogP contribution in [0, 0.1) is 0 Å². The monoisotopic (exact) mass is 475 g/mol. The number of nitrogens with one attached hydrogen (secondary N) is 1. The lowest BCUT2D eigenvalue weighted by Gasteiger charge is -2.30. The van der Waals surface area contributed by atoms with Crippen molar-refractivity contribution in [1.29, 1.82) is 0 Å². The molecule has 0 unspecified atom stereocenters. The van der Waals surface area contributed by atoms with E-state index < -0.39 is 10.0 Å². The number of benzene rings is 2. The van der Waals surface area contributed by atoms with Gasteiger partial charge in [-0.2, -0.15) is 4.31 Å². The van der Waals surface area contributed by atoms with Crippen molar-refractivity contribution in [1.82, 2.24) is 9.62 Å². The summed E-state index contributed by atoms with van der Waals surface area (Å²) in [6.45, 7) is 1.30. The number of aryl methyl sites for hydroxylation is 1. The molecule has 0 saturated carbocycles. The van der Waals surface area contributed by atoms with Crippen molar-refractivity contribution in [3.63, 3.8) is 0 Å². The zero-order valence-electron chi connectivity index (χ0n) is 17.7. The summed E-state index contributed by atoms with van der Waals surface area (Å²) in [7, 11) is -3.55. The van der Waals surface area contributed by atoms with Crippen LogP contribution < -0.4 is 10.2 Å². The van der Waals surface area contributed by atoms with Gasteiger partial charge in [0.15, 0.2) is 0 Å². The van der Waals surface area contributed by atoms with E-state index >= 15 is 0 Å². The van der Waals surface area contributed by atoms with E-state index in [0.29, 0.717) is 36.8 Å². The molecule has 2 aromatic rings. The van der Waals surface area contributed by atoms with Gasteiger partial charge in [-0.05, 0) is 60.7 Å². The predicted molar refractivity (Wildman–Crippen MR) is 123 cm³/mol. The smallest absolute Gasteiger partial charge is 0.243 e. The van der Waals surface area contributed by atoms with Gasteiger partial charge in [-0.3, -0.25) is 9.59 Å². The molecule has 2 amide bonds. The number of piperidine rings is 1. The SMILES string of the molecule is O=C(CN1C(=O)CCc2cc(S(=O)(=O)N3CCCCC3)ccc21)NCc1ccc(Cl)cc1. The van der Waals surface area contributed by atoms with Gasteiger partial charge in [-0.15, -0.1) is 0 Å². The molecule has 0 aromatic heterocycles. The molecule has 4 rings (SSSR count). The largest absolute Gasteiger partial charge is 0.350 e. The van der Waals surface area contributed by atoms with Gasteiger partial charge in [0.05, 0.1) is 4.90 Å². The molecule has 32 heavy (non-hydrogen) atoms. The van der Waals surface area contributed by atoms with Crippen LogP contribution in [0.25, 0.3) is 0 Å². The Kier molecular flexibility index (Phi) is 6.83. The maximum absolute atomic E-state index is 13.0. The van der Waals surface area contributed by atoms with E-state index in [2.05, 4.69) is 5.32 Å². The number of fused-ring (bicyclic) bond motifs is 1. The lowest BCUT2D eigenvalue weighted by atomic mass is 10.0. The number of anilines is 1. The van der Waals surface area contributed by atoms with E-state index in [1.807, 2.05) is 12.1 Å². The van der Waals surface area contributed by atoms with Crippen LogP contribution in [0.4, 0.5) is 5.69 Å². The van der Waals surface area contributed by atoms with Gasteiger partial charge in [0.25, 0.3) is 0 Å². The van der Waals surface area contributed by atoms with Gasteiger partial charge >= 0.3 is 0 Å².